The Morgan fingerprint density at radius 2 is 2.05 bits per heavy atom. The van der Waals surface area contributed by atoms with Crippen molar-refractivity contribution >= 4 is 0 Å². The van der Waals surface area contributed by atoms with Gasteiger partial charge in [0.05, 0.1) is 12.6 Å². The van der Waals surface area contributed by atoms with Gasteiger partial charge in [0.15, 0.2) is 0 Å². The maximum atomic E-state index is 5.86. The lowest BCUT2D eigenvalue weighted by Gasteiger charge is -2.24. The van der Waals surface area contributed by atoms with Crippen LogP contribution in [0.15, 0.2) is 36.7 Å². The average Bonchev–Trinajstić information content (AvgIpc) is 2.49. The molecular weight excluding hydrogens is 238 g/mol. The second-order valence-electron chi connectivity index (χ2n) is 4.62. The fraction of sp³-hybridized carbons (Fsp3) is 0.333. The minimum atomic E-state index is -0.0331. The number of hydrogen-bond acceptors (Lipinski definition) is 4. The summed E-state index contributed by atoms with van der Waals surface area (Å²) in [6.45, 7) is 0.788. The van der Waals surface area contributed by atoms with E-state index in [4.69, 9.17) is 4.74 Å². The van der Waals surface area contributed by atoms with Crippen molar-refractivity contribution in [3.05, 3.63) is 53.6 Å². The number of aryl methyl sites for hydroxylation is 1. The molecule has 1 aromatic heterocycles. The molecule has 4 heteroatoms. The molecule has 0 saturated carbocycles. The molecule has 2 heterocycles. The van der Waals surface area contributed by atoms with Crippen molar-refractivity contribution in [2.45, 2.75) is 18.9 Å². The fourth-order valence-corrected chi connectivity index (χ4v) is 2.53. The van der Waals surface area contributed by atoms with Gasteiger partial charge in [-0.05, 0) is 31.5 Å². The first-order valence-corrected chi connectivity index (χ1v) is 6.59. The molecular formula is C15H17N3O. The van der Waals surface area contributed by atoms with Crippen LogP contribution in [0.2, 0.25) is 0 Å². The summed E-state index contributed by atoms with van der Waals surface area (Å²) in [4.78, 5) is 8.69. The molecule has 0 radical (unpaired) electrons. The first kappa shape index (κ1) is 12.1. The monoisotopic (exact) mass is 255 g/mol. The Kier molecular flexibility index (Phi) is 3.42. The number of nitrogens with zero attached hydrogens (tertiary/aromatic N) is 2. The topological polar surface area (TPSA) is 47.0 Å². The smallest absolute Gasteiger partial charge is 0.149 e. The Bertz CT molecular complexity index is 557. The predicted molar refractivity (Wildman–Crippen MR) is 73.2 cm³/mol. The Morgan fingerprint density at radius 1 is 1.21 bits per heavy atom. The molecule has 0 aliphatic carbocycles. The van der Waals surface area contributed by atoms with E-state index in [1.165, 1.54) is 5.56 Å². The molecule has 0 saturated heterocycles. The lowest BCUT2D eigenvalue weighted by molar-refractivity contribution is 0.283. The summed E-state index contributed by atoms with van der Waals surface area (Å²) in [6, 6.07) is 8.09. The Balaban J connectivity index is 2.05. The van der Waals surface area contributed by atoms with E-state index in [1.807, 2.05) is 13.1 Å². The zero-order chi connectivity index (χ0) is 13.1. The molecule has 1 unspecified atom stereocenters. The molecule has 0 bridgehead atoms. The van der Waals surface area contributed by atoms with Crippen molar-refractivity contribution in [2.24, 2.45) is 0 Å². The highest BCUT2D eigenvalue weighted by atomic mass is 16.5. The largest absolute Gasteiger partial charge is 0.493 e. The van der Waals surface area contributed by atoms with Gasteiger partial charge in [-0.1, -0.05) is 18.2 Å². The van der Waals surface area contributed by atoms with E-state index < -0.39 is 0 Å². The lowest BCUT2D eigenvalue weighted by Crippen LogP contribution is -2.22. The maximum absolute atomic E-state index is 5.86. The molecule has 0 spiro atoms. The standard InChI is InChI=1S/C15H17N3O/c1-16-13(15-17-8-4-9-18-15)12-7-2-5-11-6-3-10-19-14(11)12/h2,4-5,7-9,13,16H,3,6,10H2,1H3. The van der Waals surface area contributed by atoms with Crippen LogP contribution in [0.4, 0.5) is 0 Å². The molecule has 1 aliphatic rings. The minimum absolute atomic E-state index is 0.0331. The van der Waals surface area contributed by atoms with Gasteiger partial charge in [-0.2, -0.15) is 0 Å². The highest BCUT2D eigenvalue weighted by Crippen LogP contribution is 2.34. The average molecular weight is 255 g/mol. The maximum Gasteiger partial charge on any atom is 0.149 e. The number of para-hydroxylation sites is 1. The van der Waals surface area contributed by atoms with Gasteiger partial charge in [0, 0.05) is 18.0 Å². The number of fused-ring (bicyclic) bond motifs is 1. The van der Waals surface area contributed by atoms with E-state index in [9.17, 15) is 0 Å². The van der Waals surface area contributed by atoms with Gasteiger partial charge in [0.25, 0.3) is 0 Å². The van der Waals surface area contributed by atoms with Gasteiger partial charge in [0.1, 0.15) is 11.6 Å². The third kappa shape index (κ3) is 2.31. The van der Waals surface area contributed by atoms with Crippen molar-refractivity contribution in [2.75, 3.05) is 13.7 Å². The number of ether oxygens (including phenoxy) is 1. The summed E-state index contributed by atoms with van der Waals surface area (Å²) in [6.07, 6.45) is 5.70. The quantitative estimate of drug-likeness (QED) is 0.912. The SMILES string of the molecule is CNC(c1ncccn1)c1cccc2c1OCCC2. The molecule has 3 rings (SSSR count). The van der Waals surface area contributed by atoms with Crippen LogP contribution in [0.3, 0.4) is 0 Å². The van der Waals surface area contributed by atoms with Crippen LogP contribution >= 0.6 is 0 Å². The van der Waals surface area contributed by atoms with Gasteiger partial charge in [-0.25, -0.2) is 9.97 Å². The van der Waals surface area contributed by atoms with E-state index in [1.54, 1.807) is 12.4 Å². The van der Waals surface area contributed by atoms with E-state index in [0.717, 1.165) is 36.6 Å². The molecule has 98 valence electrons. The molecule has 0 amide bonds. The summed E-state index contributed by atoms with van der Waals surface area (Å²) in [5.41, 5.74) is 2.39. The van der Waals surface area contributed by atoms with Crippen LogP contribution in [-0.2, 0) is 6.42 Å². The van der Waals surface area contributed by atoms with Crippen molar-refractivity contribution in [3.63, 3.8) is 0 Å². The van der Waals surface area contributed by atoms with E-state index in [0.29, 0.717) is 0 Å². The third-order valence-electron chi connectivity index (χ3n) is 3.41. The van der Waals surface area contributed by atoms with Crippen molar-refractivity contribution in [3.8, 4) is 5.75 Å². The highest BCUT2D eigenvalue weighted by Gasteiger charge is 2.22. The summed E-state index contributed by atoms with van der Waals surface area (Å²) >= 11 is 0. The molecule has 0 fully saturated rings. The number of nitrogens with one attached hydrogen (secondary N) is 1. The van der Waals surface area contributed by atoms with Crippen molar-refractivity contribution < 1.29 is 4.74 Å². The Morgan fingerprint density at radius 3 is 2.84 bits per heavy atom. The summed E-state index contributed by atoms with van der Waals surface area (Å²) < 4.78 is 5.86. The van der Waals surface area contributed by atoms with Crippen LogP contribution in [0.5, 0.6) is 5.75 Å². The third-order valence-corrected chi connectivity index (χ3v) is 3.41. The molecule has 19 heavy (non-hydrogen) atoms. The molecule has 4 nitrogen and oxygen atoms in total. The van der Waals surface area contributed by atoms with Gasteiger partial charge in [-0.15, -0.1) is 0 Å². The second-order valence-corrected chi connectivity index (χ2v) is 4.62. The summed E-state index contributed by atoms with van der Waals surface area (Å²) in [7, 11) is 1.92. The predicted octanol–water partition coefficient (Wildman–Crippen LogP) is 2.11. The van der Waals surface area contributed by atoms with Gasteiger partial charge >= 0.3 is 0 Å². The van der Waals surface area contributed by atoms with E-state index in [-0.39, 0.29) is 6.04 Å². The van der Waals surface area contributed by atoms with Gasteiger partial charge in [0.2, 0.25) is 0 Å². The fourth-order valence-electron chi connectivity index (χ4n) is 2.53. The molecule has 1 aliphatic heterocycles. The van der Waals surface area contributed by atoms with Crippen LogP contribution in [-0.4, -0.2) is 23.6 Å². The normalized spacial score (nSPS) is 15.4. The molecule has 1 N–H and O–H groups in total. The molecule has 1 aromatic carbocycles. The van der Waals surface area contributed by atoms with Crippen LogP contribution in [0.1, 0.15) is 29.4 Å². The number of rotatable bonds is 3. The van der Waals surface area contributed by atoms with Gasteiger partial charge < -0.3 is 10.1 Å². The number of benzene rings is 1. The summed E-state index contributed by atoms with van der Waals surface area (Å²) in [5, 5.41) is 3.28. The Labute approximate surface area is 112 Å². The highest BCUT2D eigenvalue weighted by molar-refractivity contribution is 5.46. The molecule has 2 aromatic rings. The van der Waals surface area contributed by atoms with E-state index in [2.05, 4.69) is 33.5 Å². The van der Waals surface area contributed by atoms with Crippen LogP contribution < -0.4 is 10.1 Å². The van der Waals surface area contributed by atoms with Crippen LogP contribution in [0, 0.1) is 0 Å². The summed E-state index contributed by atoms with van der Waals surface area (Å²) in [5.74, 6) is 1.77. The van der Waals surface area contributed by atoms with Crippen LogP contribution in [0.25, 0.3) is 0 Å². The van der Waals surface area contributed by atoms with Crippen molar-refractivity contribution in [1.29, 1.82) is 0 Å². The first-order chi connectivity index (χ1) is 9.40. The molecule has 1 atom stereocenters. The zero-order valence-corrected chi connectivity index (χ0v) is 11.0. The van der Waals surface area contributed by atoms with E-state index >= 15 is 0 Å². The lowest BCUT2D eigenvalue weighted by atomic mass is 9.97. The number of aromatic nitrogens is 2. The first-order valence-electron chi connectivity index (χ1n) is 6.59. The Hall–Kier alpha value is -1.94. The second kappa shape index (κ2) is 5.36. The van der Waals surface area contributed by atoms with Gasteiger partial charge in [-0.3, -0.25) is 0 Å². The minimum Gasteiger partial charge on any atom is -0.493 e. The van der Waals surface area contributed by atoms with Crippen molar-refractivity contribution in [1.82, 2.24) is 15.3 Å². The zero-order valence-electron chi connectivity index (χ0n) is 11.0. The number of hydrogen-bond donors (Lipinski definition) is 1.